The number of nitrogen functional groups attached to an aromatic ring is 1. The average molecular weight is 320 g/mol. The second-order valence-corrected chi connectivity index (χ2v) is 5.28. The molecule has 118 valence electrons. The van der Waals surface area contributed by atoms with E-state index in [2.05, 4.69) is 20.1 Å². The van der Waals surface area contributed by atoms with Gasteiger partial charge in [-0.05, 0) is 18.2 Å². The van der Waals surface area contributed by atoms with Gasteiger partial charge in [0.1, 0.15) is 11.5 Å². The van der Waals surface area contributed by atoms with E-state index >= 15 is 0 Å². The van der Waals surface area contributed by atoms with E-state index in [0.717, 1.165) is 5.39 Å². The molecule has 0 saturated heterocycles. The van der Waals surface area contributed by atoms with Crippen molar-refractivity contribution in [2.45, 2.75) is 6.54 Å². The first-order chi connectivity index (χ1) is 11.7. The first kappa shape index (κ1) is 14.3. The number of nitrogens with two attached hydrogens (primary N) is 1. The molecule has 1 aromatic carbocycles. The van der Waals surface area contributed by atoms with Crippen LogP contribution >= 0.6 is 0 Å². The highest BCUT2D eigenvalue weighted by atomic mass is 19.1. The van der Waals surface area contributed by atoms with Crippen LogP contribution in [0.4, 0.5) is 10.3 Å². The average Bonchev–Trinajstić information content (AvgIpc) is 3.00. The summed E-state index contributed by atoms with van der Waals surface area (Å²) in [5, 5.41) is 5.04. The molecule has 0 aliphatic rings. The second kappa shape index (κ2) is 5.69. The fraction of sp³-hybridized carbons (Fsp3) is 0.0588. The van der Waals surface area contributed by atoms with Crippen LogP contribution in [0.15, 0.2) is 54.9 Å². The van der Waals surface area contributed by atoms with Crippen LogP contribution in [0.2, 0.25) is 0 Å². The number of pyridine rings is 1. The lowest BCUT2D eigenvalue weighted by atomic mass is 10.2. The number of aromatic nitrogens is 5. The van der Waals surface area contributed by atoms with Crippen molar-refractivity contribution >= 4 is 17.0 Å². The van der Waals surface area contributed by atoms with Gasteiger partial charge in [0.15, 0.2) is 5.65 Å². The Hall–Kier alpha value is -3.35. The molecule has 6 nitrogen and oxygen atoms in total. The molecule has 0 fully saturated rings. The van der Waals surface area contributed by atoms with E-state index in [4.69, 9.17) is 5.73 Å². The predicted molar refractivity (Wildman–Crippen MR) is 88.5 cm³/mol. The Labute approximate surface area is 136 Å². The Morgan fingerprint density at radius 2 is 1.88 bits per heavy atom. The molecule has 3 aromatic heterocycles. The maximum absolute atomic E-state index is 13.9. The van der Waals surface area contributed by atoms with Gasteiger partial charge in [-0.25, -0.2) is 14.1 Å². The summed E-state index contributed by atoms with van der Waals surface area (Å²) in [6.45, 7) is 0.258. The van der Waals surface area contributed by atoms with E-state index in [1.807, 2.05) is 18.2 Å². The monoisotopic (exact) mass is 320 g/mol. The summed E-state index contributed by atoms with van der Waals surface area (Å²) >= 11 is 0. The zero-order valence-corrected chi connectivity index (χ0v) is 12.6. The molecule has 0 radical (unpaired) electrons. The van der Waals surface area contributed by atoms with Crippen molar-refractivity contribution in [1.82, 2.24) is 24.7 Å². The van der Waals surface area contributed by atoms with Crippen LogP contribution in [0.5, 0.6) is 0 Å². The van der Waals surface area contributed by atoms with Gasteiger partial charge in [0.2, 0.25) is 5.95 Å². The van der Waals surface area contributed by atoms with E-state index in [-0.39, 0.29) is 18.3 Å². The topological polar surface area (TPSA) is 82.5 Å². The Morgan fingerprint density at radius 1 is 1.04 bits per heavy atom. The molecule has 7 heteroatoms. The van der Waals surface area contributed by atoms with Crippen molar-refractivity contribution in [3.8, 4) is 11.4 Å². The number of nitrogens with zero attached hydrogens (tertiary/aromatic N) is 5. The number of hydrogen-bond donors (Lipinski definition) is 1. The van der Waals surface area contributed by atoms with E-state index in [9.17, 15) is 4.39 Å². The minimum Gasteiger partial charge on any atom is -0.368 e. The van der Waals surface area contributed by atoms with Crippen LogP contribution in [-0.2, 0) is 6.54 Å². The zero-order chi connectivity index (χ0) is 16.5. The van der Waals surface area contributed by atoms with Gasteiger partial charge in [0, 0.05) is 11.8 Å². The molecule has 0 unspecified atom stereocenters. The first-order valence-electron chi connectivity index (χ1n) is 7.36. The van der Waals surface area contributed by atoms with Gasteiger partial charge in [-0.1, -0.05) is 24.3 Å². The largest absolute Gasteiger partial charge is 0.368 e. The maximum Gasteiger partial charge on any atom is 0.222 e. The minimum atomic E-state index is -0.284. The van der Waals surface area contributed by atoms with Gasteiger partial charge >= 0.3 is 0 Å². The summed E-state index contributed by atoms with van der Waals surface area (Å²) in [5.41, 5.74) is 8.21. The van der Waals surface area contributed by atoms with Gasteiger partial charge < -0.3 is 5.73 Å². The number of rotatable bonds is 3. The van der Waals surface area contributed by atoms with Gasteiger partial charge in [0.05, 0.1) is 23.8 Å². The number of anilines is 1. The highest BCUT2D eigenvalue weighted by molar-refractivity contribution is 5.89. The van der Waals surface area contributed by atoms with Gasteiger partial charge in [-0.3, -0.25) is 4.98 Å². The molecule has 0 spiro atoms. The van der Waals surface area contributed by atoms with Crippen molar-refractivity contribution < 1.29 is 4.39 Å². The summed E-state index contributed by atoms with van der Waals surface area (Å²) in [6.07, 6.45) is 3.34. The minimum absolute atomic E-state index is 0.124. The molecule has 4 aromatic rings. The molecule has 0 atom stereocenters. The summed E-state index contributed by atoms with van der Waals surface area (Å²) in [5.74, 6) is -0.161. The molecule has 0 aliphatic carbocycles. The Balaban J connectivity index is 1.85. The summed E-state index contributed by atoms with van der Waals surface area (Å²) < 4.78 is 15.5. The first-order valence-corrected chi connectivity index (χ1v) is 7.36. The molecule has 4 rings (SSSR count). The molecule has 3 heterocycles. The zero-order valence-electron chi connectivity index (χ0n) is 12.6. The molecule has 2 N–H and O–H groups in total. The molecule has 24 heavy (non-hydrogen) atoms. The summed E-state index contributed by atoms with van der Waals surface area (Å²) in [7, 11) is 0. The summed E-state index contributed by atoms with van der Waals surface area (Å²) in [4.78, 5) is 12.9. The quantitative estimate of drug-likeness (QED) is 0.627. The highest BCUT2D eigenvalue weighted by Crippen LogP contribution is 2.25. The lowest BCUT2D eigenvalue weighted by molar-refractivity contribution is 0.589. The standard InChI is InChI=1S/C17H13FN6/c18-13-6-2-1-5-11(13)10-24-16-12(9-21-24)15(22-17(19)23-16)14-7-3-4-8-20-14/h1-9H,10H2,(H2,19,22,23). The summed E-state index contributed by atoms with van der Waals surface area (Å²) in [6, 6.07) is 12.1. The molecule has 0 aliphatic heterocycles. The molecular weight excluding hydrogens is 307 g/mol. The fourth-order valence-electron chi connectivity index (χ4n) is 2.57. The predicted octanol–water partition coefficient (Wildman–Crippen LogP) is 2.66. The van der Waals surface area contributed by atoms with Crippen molar-refractivity contribution in [3.63, 3.8) is 0 Å². The van der Waals surface area contributed by atoms with Crippen LogP contribution in [0.1, 0.15) is 5.56 Å². The number of halogens is 1. The molecule has 0 bridgehead atoms. The van der Waals surface area contributed by atoms with Crippen LogP contribution < -0.4 is 5.73 Å². The normalized spacial score (nSPS) is 11.0. The van der Waals surface area contributed by atoms with E-state index < -0.39 is 0 Å². The van der Waals surface area contributed by atoms with Crippen molar-refractivity contribution in [3.05, 3.63) is 66.2 Å². The Bertz CT molecular complexity index is 1010. The van der Waals surface area contributed by atoms with Gasteiger partial charge in [-0.15, -0.1) is 0 Å². The van der Waals surface area contributed by atoms with E-state index in [1.165, 1.54) is 6.07 Å². The third kappa shape index (κ3) is 2.45. The molecular formula is C17H13FN6. The highest BCUT2D eigenvalue weighted by Gasteiger charge is 2.15. The van der Waals surface area contributed by atoms with Gasteiger partial charge in [-0.2, -0.15) is 10.1 Å². The smallest absolute Gasteiger partial charge is 0.222 e. The van der Waals surface area contributed by atoms with Crippen LogP contribution in [0.25, 0.3) is 22.4 Å². The third-order valence-corrected chi connectivity index (χ3v) is 3.70. The Morgan fingerprint density at radius 3 is 2.67 bits per heavy atom. The SMILES string of the molecule is Nc1nc(-c2ccccn2)c2cnn(Cc3ccccc3F)c2n1. The van der Waals surface area contributed by atoms with Gasteiger partial charge in [0.25, 0.3) is 0 Å². The van der Waals surface area contributed by atoms with Crippen LogP contribution in [0.3, 0.4) is 0 Å². The number of benzene rings is 1. The molecule has 0 amide bonds. The number of hydrogen-bond acceptors (Lipinski definition) is 5. The maximum atomic E-state index is 13.9. The van der Waals surface area contributed by atoms with Crippen molar-refractivity contribution in [2.24, 2.45) is 0 Å². The fourth-order valence-corrected chi connectivity index (χ4v) is 2.57. The Kier molecular flexibility index (Phi) is 3.38. The lowest BCUT2D eigenvalue weighted by Gasteiger charge is -2.06. The third-order valence-electron chi connectivity index (χ3n) is 3.70. The van der Waals surface area contributed by atoms with Crippen LogP contribution in [-0.4, -0.2) is 24.7 Å². The van der Waals surface area contributed by atoms with Crippen LogP contribution in [0, 0.1) is 5.82 Å². The number of fused-ring (bicyclic) bond motifs is 1. The van der Waals surface area contributed by atoms with E-state index in [1.54, 1.807) is 35.3 Å². The van der Waals surface area contributed by atoms with E-state index in [0.29, 0.717) is 22.6 Å². The lowest BCUT2D eigenvalue weighted by Crippen LogP contribution is -2.06. The second-order valence-electron chi connectivity index (χ2n) is 5.28. The van der Waals surface area contributed by atoms with Crippen molar-refractivity contribution in [2.75, 3.05) is 5.73 Å². The molecule has 0 saturated carbocycles. The van der Waals surface area contributed by atoms with Crippen molar-refractivity contribution in [1.29, 1.82) is 0 Å².